The number of aliphatic hydroxyl groups excluding tert-OH is 1. The number of hydrogen-bond donors (Lipinski definition) is 3. The molecule has 0 saturated carbocycles. The summed E-state index contributed by atoms with van der Waals surface area (Å²) in [7, 11) is 2.08. The number of nitrogens with zero attached hydrogens (tertiary/aromatic N) is 6. The molecule has 12 heteroatoms. The van der Waals surface area contributed by atoms with Crippen LogP contribution in [0.3, 0.4) is 0 Å². The number of nitrogens with one attached hydrogen (secondary N) is 1. The van der Waals surface area contributed by atoms with Gasteiger partial charge < -0.3 is 26.0 Å². The van der Waals surface area contributed by atoms with Crippen LogP contribution in [0.2, 0.25) is 5.02 Å². The molecule has 0 radical (unpaired) electrons. The Labute approximate surface area is 231 Å². The predicted octanol–water partition coefficient (Wildman–Crippen LogP) is 2.67. The summed E-state index contributed by atoms with van der Waals surface area (Å²) in [5, 5.41) is 22.0. The summed E-state index contributed by atoms with van der Waals surface area (Å²) < 4.78 is 14.7. The first-order valence-electron chi connectivity index (χ1n) is 12.9. The maximum atomic E-state index is 14.7. The maximum absolute atomic E-state index is 14.7. The normalized spacial score (nSPS) is 17.6. The van der Waals surface area contributed by atoms with E-state index in [0.29, 0.717) is 35.3 Å². The number of aromatic nitrogens is 3. The van der Waals surface area contributed by atoms with Crippen LogP contribution < -0.4 is 16.0 Å². The fourth-order valence-corrected chi connectivity index (χ4v) is 5.18. The number of piperazine rings is 1. The summed E-state index contributed by atoms with van der Waals surface area (Å²) in [4.78, 5) is 23.1. The van der Waals surface area contributed by atoms with Crippen molar-refractivity contribution in [3.05, 3.63) is 59.1 Å². The van der Waals surface area contributed by atoms with E-state index in [2.05, 4.69) is 37.3 Å². The SMILES string of the molecule is CN1CCN(C(CC(N)=O)c2cc(Nc3cc(-c4cc(Cl)ccc4F)nnc3N3CC(CO)C3)ccn2)CC1. The standard InChI is InChI=1S/C27H32ClFN8O2/c1-35-6-8-36(9-7-35)25(13-26(30)39)23-11-19(4-5-31-23)32-24-12-22(20-10-18(28)2-3-21(20)29)33-34-27(24)37-14-17(15-37)16-38/h2-5,10-12,17,25,38H,6-9,13-16H2,1H3,(H2,30,39)(H,31,32,33). The number of primary amides is 1. The van der Waals surface area contributed by atoms with Crippen LogP contribution in [0.5, 0.6) is 0 Å². The lowest BCUT2D eigenvalue weighted by atomic mass is 10.0. The Kier molecular flexibility index (Phi) is 8.22. The highest BCUT2D eigenvalue weighted by Gasteiger charge is 2.30. The van der Waals surface area contributed by atoms with Crippen molar-refractivity contribution in [3.63, 3.8) is 0 Å². The monoisotopic (exact) mass is 554 g/mol. The lowest BCUT2D eigenvalue weighted by molar-refractivity contribution is -0.119. The van der Waals surface area contributed by atoms with Gasteiger partial charge in [-0.05, 0) is 43.4 Å². The van der Waals surface area contributed by atoms with Crippen molar-refractivity contribution < 1.29 is 14.3 Å². The molecule has 4 N–H and O–H groups in total. The molecule has 2 fully saturated rings. The van der Waals surface area contributed by atoms with E-state index < -0.39 is 5.82 Å². The number of nitrogens with two attached hydrogens (primary N) is 1. The van der Waals surface area contributed by atoms with Crippen LogP contribution in [0, 0.1) is 11.7 Å². The Balaban J connectivity index is 1.47. The molecule has 2 aromatic heterocycles. The van der Waals surface area contributed by atoms with Crippen LogP contribution >= 0.6 is 11.6 Å². The van der Waals surface area contributed by atoms with Crippen molar-refractivity contribution in [2.75, 3.05) is 63.1 Å². The van der Waals surface area contributed by atoms with Crippen molar-refractivity contribution in [1.29, 1.82) is 0 Å². The molecule has 2 saturated heterocycles. The topological polar surface area (TPSA) is 124 Å². The number of likely N-dealkylation sites (N-methyl/N-ethyl adjacent to an activating group) is 1. The Bertz CT molecular complexity index is 1330. The average Bonchev–Trinajstić information content (AvgIpc) is 2.89. The molecule has 206 valence electrons. The van der Waals surface area contributed by atoms with Crippen LogP contribution in [-0.4, -0.2) is 88.9 Å². The van der Waals surface area contributed by atoms with Crippen molar-refractivity contribution >= 4 is 34.7 Å². The molecule has 0 aliphatic carbocycles. The number of benzene rings is 1. The van der Waals surface area contributed by atoms with Crippen LogP contribution in [-0.2, 0) is 4.79 Å². The molecule has 39 heavy (non-hydrogen) atoms. The molecular weight excluding hydrogens is 523 g/mol. The van der Waals surface area contributed by atoms with E-state index in [9.17, 15) is 14.3 Å². The molecule has 1 unspecified atom stereocenters. The highest BCUT2D eigenvalue weighted by Crippen LogP contribution is 2.35. The summed E-state index contributed by atoms with van der Waals surface area (Å²) in [6, 6.07) is 9.53. The van der Waals surface area contributed by atoms with E-state index in [1.54, 1.807) is 12.3 Å². The summed E-state index contributed by atoms with van der Waals surface area (Å²) >= 11 is 6.13. The van der Waals surface area contributed by atoms with E-state index in [1.165, 1.54) is 18.2 Å². The van der Waals surface area contributed by atoms with Crippen LogP contribution in [0.4, 0.5) is 21.6 Å². The maximum Gasteiger partial charge on any atom is 0.219 e. The zero-order valence-corrected chi connectivity index (χ0v) is 22.5. The van der Waals surface area contributed by atoms with Crippen molar-refractivity contribution in [1.82, 2.24) is 25.0 Å². The summed E-state index contributed by atoms with van der Waals surface area (Å²) in [5.41, 5.74) is 8.29. The average molecular weight is 555 g/mol. The molecule has 1 atom stereocenters. The van der Waals surface area contributed by atoms with E-state index >= 15 is 0 Å². The Morgan fingerprint density at radius 2 is 1.95 bits per heavy atom. The number of carbonyl (C=O) groups is 1. The second-order valence-corrected chi connectivity index (χ2v) is 10.6. The van der Waals surface area contributed by atoms with E-state index in [-0.39, 0.29) is 36.5 Å². The smallest absolute Gasteiger partial charge is 0.219 e. The lowest BCUT2D eigenvalue weighted by Crippen LogP contribution is -2.49. The molecule has 2 aliphatic heterocycles. The lowest BCUT2D eigenvalue weighted by Gasteiger charge is -2.39. The van der Waals surface area contributed by atoms with Gasteiger partial charge in [0.15, 0.2) is 5.82 Å². The second kappa shape index (κ2) is 11.8. The Hall–Kier alpha value is -3.38. The van der Waals surface area contributed by atoms with Gasteiger partial charge in [-0.2, -0.15) is 0 Å². The van der Waals surface area contributed by atoms with Gasteiger partial charge in [0.1, 0.15) is 5.82 Å². The van der Waals surface area contributed by atoms with Gasteiger partial charge in [-0.15, -0.1) is 10.2 Å². The highest BCUT2D eigenvalue weighted by molar-refractivity contribution is 6.30. The number of pyridine rings is 1. The fourth-order valence-electron chi connectivity index (χ4n) is 5.00. The quantitative estimate of drug-likeness (QED) is 0.366. The first kappa shape index (κ1) is 27.2. The minimum absolute atomic E-state index is 0.0970. The summed E-state index contributed by atoms with van der Waals surface area (Å²) in [5.74, 6) is -0.0825. The van der Waals surface area contributed by atoms with E-state index in [1.807, 2.05) is 17.0 Å². The molecule has 4 heterocycles. The van der Waals surface area contributed by atoms with Gasteiger partial charge in [-0.3, -0.25) is 14.7 Å². The molecule has 2 aliphatic rings. The van der Waals surface area contributed by atoms with Crippen molar-refractivity contribution in [3.8, 4) is 11.3 Å². The predicted molar refractivity (Wildman–Crippen MR) is 148 cm³/mol. The third-order valence-electron chi connectivity index (χ3n) is 7.27. The molecule has 10 nitrogen and oxygen atoms in total. The minimum atomic E-state index is -0.454. The van der Waals surface area contributed by atoms with Crippen molar-refractivity contribution in [2.45, 2.75) is 12.5 Å². The van der Waals surface area contributed by atoms with Crippen LogP contribution in [0.1, 0.15) is 18.2 Å². The zero-order chi connectivity index (χ0) is 27.5. The number of aliphatic hydroxyl groups is 1. The summed E-state index contributed by atoms with van der Waals surface area (Å²) in [6.07, 6.45) is 1.86. The molecule has 1 amide bonds. The molecule has 5 rings (SSSR count). The Morgan fingerprint density at radius 3 is 2.67 bits per heavy atom. The van der Waals surface area contributed by atoms with Gasteiger partial charge in [0.05, 0.1) is 23.1 Å². The van der Waals surface area contributed by atoms with Gasteiger partial charge >= 0.3 is 0 Å². The second-order valence-electron chi connectivity index (χ2n) is 10.2. The van der Waals surface area contributed by atoms with Crippen LogP contribution in [0.15, 0.2) is 42.6 Å². The largest absolute Gasteiger partial charge is 0.396 e. The summed E-state index contributed by atoms with van der Waals surface area (Å²) in [6.45, 7) is 4.77. The van der Waals surface area contributed by atoms with Gasteiger partial charge in [-0.25, -0.2) is 4.39 Å². The fraction of sp³-hybridized carbons (Fsp3) is 0.407. The molecular formula is C27H32ClFN8O2. The third kappa shape index (κ3) is 6.27. The number of hydrogen-bond acceptors (Lipinski definition) is 9. The van der Waals surface area contributed by atoms with Crippen molar-refractivity contribution in [2.24, 2.45) is 11.7 Å². The van der Waals surface area contributed by atoms with Gasteiger partial charge in [0, 0.05) is 80.7 Å². The molecule has 3 aromatic rings. The van der Waals surface area contributed by atoms with E-state index in [0.717, 1.165) is 37.6 Å². The molecule has 1 aromatic carbocycles. The molecule has 0 bridgehead atoms. The first-order chi connectivity index (χ1) is 18.8. The third-order valence-corrected chi connectivity index (χ3v) is 7.50. The van der Waals surface area contributed by atoms with Crippen LogP contribution in [0.25, 0.3) is 11.3 Å². The number of halogens is 2. The zero-order valence-electron chi connectivity index (χ0n) is 21.7. The van der Waals surface area contributed by atoms with Gasteiger partial charge in [0.25, 0.3) is 0 Å². The number of amides is 1. The highest BCUT2D eigenvalue weighted by atomic mass is 35.5. The minimum Gasteiger partial charge on any atom is -0.396 e. The van der Waals surface area contributed by atoms with Gasteiger partial charge in [-0.1, -0.05) is 11.6 Å². The Morgan fingerprint density at radius 1 is 1.18 bits per heavy atom. The first-order valence-corrected chi connectivity index (χ1v) is 13.3. The number of carbonyl (C=O) groups excluding carboxylic acids is 1. The number of anilines is 3. The van der Waals surface area contributed by atoms with Gasteiger partial charge in [0.2, 0.25) is 5.91 Å². The van der Waals surface area contributed by atoms with E-state index in [4.69, 9.17) is 17.3 Å². The number of rotatable bonds is 9. The molecule has 0 spiro atoms.